The van der Waals surface area contributed by atoms with Gasteiger partial charge in [-0.25, -0.2) is 14.0 Å². The number of nitrogens with zero attached hydrogens (tertiary/aromatic N) is 6. The molecule has 0 saturated carbocycles. The Balaban J connectivity index is 0.000000763. The number of aryl methyl sites for hydroxylation is 3. The standard InChI is InChI=1S/C31H28N6.C4H6.Mn/c1-22-19-28(25-13-7-4-8-14-25)32-35(22)31(36-23(2)20-29(33-36)26-15-9-5-10-16-26)37-24(3)21-30(34-37)27-17-11-6-12-18-27;1-3-4-2;/h4-21,31H,1-3H3;3-4H,1-2H2;. The molecule has 0 aliphatic rings. The van der Waals surface area contributed by atoms with Crippen molar-refractivity contribution in [3.63, 3.8) is 0 Å². The van der Waals surface area contributed by atoms with Crippen LogP contribution in [-0.4, -0.2) is 29.3 Å². The zero-order valence-corrected chi connectivity index (χ0v) is 25.3. The first-order chi connectivity index (χ1) is 20.0. The molecule has 0 bridgehead atoms. The van der Waals surface area contributed by atoms with Gasteiger partial charge in [0.15, 0.2) is 0 Å². The molecule has 6 nitrogen and oxygen atoms in total. The summed E-state index contributed by atoms with van der Waals surface area (Å²) in [5, 5.41) is 15.2. The first-order valence-electron chi connectivity index (χ1n) is 13.6. The molecule has 42 heavy (non-hydrogen) atoms. The molecule has 0 spiro atoms. The fourth-order valence-corrected chi connectivity index (χ4v) is 4.73. The van der Waals surface area contributed by atoms with Crippen molar-refractivity contribution in [3.05, 3.63) is 152 Å². The van der Waals surface area contributed by atoms with Crippen LogP contribution in [0.4, 0.5) is 0 Å². The van der Waals surface area contributed by atoms with Gasteiger partial charge < -0.3 is 0 Å². The minimum atomic E-state index is -0.410. The summed E-state index contributed by atoms with van der Waals surface area (Å²) in [7, 11) is 0. The Bertz CT molecular complexity index is 1540. The Morgan fingerprint density at radius 3 is 1.00 bits per heavy atom. The summed E-state index contributed by atoms with van der Waals surface area (Å²) in [6, 6.07) is 37.1. The zero-order valence-electron chi connectivity index (χ0n) is 24.1. The molecule has 0 N–H and O–H groups in total. The molecule has 6 rings (SSSR count). The van der Waals surface area contributed by atoms with Gasteiger partial charge in [-0.15, -0.1) is 0 Å². The maximum absolute atomic E-state index is 5.07. The van der Waals surface area contributed by atoms with Crippen LogP contribution in [0.15, 0.2) is 135 Å². The van der Waals surface area contributed by atoms with Crippen molar-refractivity contribution in [2.45, 2.75) is 27.1 Å². The third-order valence-corrected chi connectivity index (χ3v) is 6.80. The Morgan fingerprint density at radius 1 is 0.500 bits per heavy atom. The monoisotopic (exact) mass is 593 g/mol. The predicted octanol–water partition coefficient (Wildman–Crippen LogP) is 8.11. The number of benzene rings is 3. The van der Waals surface area contributed by atoms with Crippen LogP contribution in [0.5, 0.6) is 0 Å². The Labute approximate surface area is 258 Å². The van der Waals surface area contributed by atoms with Gasteiger partial charge >= 0.3 is 0 Å². The normalized spacial score (nSPS) is 10.5. The van der Waals surface area contributed by atoms with E-state index >= 15 is 0 Å². The molecule has 0 unspecified atom stereocenters. The Hall–Kier alpha value is -4.71. The van der Waals surface area contributed by atoms with Gasteiger partial charge in [0.1, 0.15) is 0 Å². The summed E-state index contributed by atoms with van der Waals surface area (Å²) in [4.78, 5) is 0. The average molecular weight is 594 g/mol. The summed E-state index contributed by atoms with van der Waals surface area (Å²) in [5.74, 6) is 0. The minimum Gasteiger partial charge on any atom is -0.224 e. The Kier molecular flexibility index (Phi) is 9.92. The molecule has 0 atom stereocenters. The molecule has 0 aliphatic heterocycles. The van der Waals surface area contributed by atoms with Gasteiger partial charge in [-0.3, -0.25) is 0 Å². The van der Waals surface area contributed by atoms with E-state index in [-0.39, 0.29) is 17.1 Å². The molecule has 211 valence electrons. The first kappa shape index (κ1) is 30.3. The number of rotatable bonds is 7. The molecule has 3 aromatic heterocycles. The molecule has 1 radical (unpaired) electrons. The number of hydrogen-bond acceptors (Lipinski definition) is 3. The van der Waals surface area contributed by atoms with Crippen LogP contribution in [-0.2, 0) is 17.1 Å². The fourth-order valence-electron chi connectivity index (χ4n) is 4.73. The van der Waals surface area contributed by atoms with Crippen LogP contribution in [0.1, 0.15) is 23.4 Å². The van der Waals surface area contributed by atoms with Gasteiger partial charge in [0.05, 0.1) is 17.1 Å². The molecule has 3 heterocycles. The number of aromatic nitrogens is 6. The number of hydrogen-bond donors (Lipinski definition) is 0. The van der Waals surface area contributed by atoms with Gasteiger partial charge in [0, 0.05) is 50.8 Å². The van der Waals surface area contributed by atoms with Crippen molar-refractivity contribution in [2.75, 3.05) is 0 Å². The van der Waals surface area contributed by atoms with Crippen molar-refractivity contribution in [1.29, 1.82) is 0 Å². The minimum absolute atomic E-state index is 0. The Morgan fingerprint density at radius 2 is 0.762 bits per heavy atom. The molecule has 0 aliphatic carbocycles. The van der Waals surface area contributed by atoms with Gasteiger partial charge in [-0.2, -0.15) is 15.3 Å². The summed E-state index contributed by atoms with van der Waals surface area (Å²) in [6.45, 7) is 13.0. The molecular weight excluding hydrogens is 559 g/mol. The van der Waals surface area contributed by atoms with E-state index in [9.17, 15) is 0 Å². The van der Waals surface area contributed by atoms with Crippen LogP contribution < -0.4 is 0 Å². The summed E-state index contributed by atoms with van der Waals surface area (Å²) in [6.07, 6.45) is 2.87. The van der Waals surface area contributed by atoms with E-state index in [0.29, 0.717) is 0 Å². The van der Waals surface area contributed by atoms with Crippen molar-refractivity contribution in [2.24, 2.45) is 0 Å². The molecule has 0 saturated heterocycles. The van der Waals surface area contributed by atoms with Crippen LogP contribution in [0.3, 0.4) is 0 Å². The van der Waals surface area contributed by atoms with E-state index in [0.717, 1.165) is 50.9 Å². The van der Waals surface area contributed by atoms with Gasteiger partial charge in [-0.1, -0.05) is 116 Å². The first-order valence-corrected chi connectivity index (χ1v) is 13.6. The molecule has 6 aromatic rings. The second-order valence-electron chi connectivity index (χ2n) is 9.76. The summed E-state index contributed by atoms with van der Waals surface area (Å²) >= 11 is 0. The van der Waals surface area contributed by atoms with Gasteiger partial charge in [0.25, 0.3) is 0 Å². The smallest absolute Gasteiger partial charge is 0.224 e. The molecule has 0 fully saturated rings. The second kappa shape index (κ2) is 13.8. The van der Waals surface area contributed by atoms with Crippen LogP contribution in [0.25, 0.3) is 33.8 Å². The SMILES string of the molecule is C=CC=C.Cc1cc(-c2ccccc2)nn1C(n1nc(-c2ccccc2)cc1C)n1nc(-c2ccccc2)cc1C.[Mn]. The topological polar surface area (TPSA) is 53.5 Å². The maximum Gasteiger partial charge on any atom is 0.238 e. The molecule has 7 heteroatoms. The maximum atomic E-state index is 5.07. The van der Waals surface area contributed by atoms with Crippen molar-refractivity contribution >= 4 is 0 Å². The molecule has 3 aromatic carbocycles. The van der Waals surface area contributed by atoms with E-state index in [1.807, 2.05) is 68.6 Å². The van der Waals surface area contributed by atoms with Crippen molar-refractivity contribution in [1.82, 2.24) is 29.3 Å². The van der Waals surface area contributed by atoms with Crippen LogP contribution in [0, 0.1) is 20.8 Å². The van der Waals surface area contributed by atoms with E-state index < -0.39 is 6.29 Å². The van der Waals surface area contributed by atoms with E-state index in [1.165, 1.54) is 0 Å². The second-order valence-corrected chi connectivity index (χ2v) is 9.76. The van der Waals surface area contributed by atoms with Crippen molar-refractivity contribution in [3.8, 4) is 33.8 Å². The summed E-state index contributed by atoms with van der Waals surface area (Å²) < 4.78 is 6.06. The quantitative estimate of drug-likeness (QED) is 0.139. The average Bonchev–Trinajstić information content (AvgIpc) is 3.72. The molecular formula is C35H34MnN6. The van der Waals surface area contributed by atoms with E-state index in [1.54, 1.807) is 12.2 Å². The van der Waals surface area contributed by atoms with Gasteiger partial charge in [-0.05, 0) is 39.0 Å². The van der Waals surface area contributed by atoms with Gasteiger partial charge in [0.2, 0.25) is 6.29 Å². The van der Waals surface area contributed by atoms with E-state index in [4.69, 9.17) is 15.3 Å². The third-order valence-electron chi connectivity index (χ3n) is 6.80. The van der Waals surface area contributed by atoms with Crippen molar-refractivity contribution < 1.29 is 17.1 Å². The zero-order chi connectivity index (χ0) is 28.8. The summed E-state index contributed by atoms with van der Waals surface area (Å²) in [5.41, 5.74) is 9.06. The predicted molar refractivity (Wildman–Crippen MR) is 167 cm³/mol. The van der Waals surface area contributed by atoms with Crippen LogP contribution >= 0.6 is 0 Å². The largest absolute Gasteiger partial charge is 0.238 e. The van der Waals surface area contributed by atoms with Crippen LogP contribution in [0.2, 0.25) is 0 Å². The van der Waals surface area contributed by atoms with E-state index in [2.05, 4.69) is 88.5 Å². The number of allylic oxidation sites excluding steroid dienone is 2. The molecule has 0 amide bonds. The third kappa shape index (κ3) is 6.44. The fraction of sp³-hybridized carbons (Fsp3) is 0.114.